The van der Waals surface area contributed by atoms with Gasteiger partial charge in [0.05, 0.1) is 24.5 Å². The molecule has 2 N–H and O–H groups in total. The van der Waals surface area contributed by atoms with E-state index >= 15 is 0 Å². The number of rotatable bonds is 5. The first-order valence-electron chi connectivity index (χ1n) is 8.35. The van der Waals surface area contributed by atoms with Gasteiger partial charge in [0.25, 0.3) is 0 Å². The van der Waals surface area contributed by atoms with Gasteiger partial charge >= 0.3 is 0 Å². The zero-order chi connectivity index (χ0) is 19.2. The number of anilines is 1. The molecule has 0 aromatic heterocycles. The van der Waals surface area contributed by atoms with Crippen molar-refractivity contribution in [1.82, 2.24) is 4.90 Å². The molecule has 2 aromatic rings. The fraction of sp³-hybridized carbons (Fsp3) is 0.211. The molecule has 6 nitrogen and oxygen atoms in total. The van der Waals surface area contributed by atoms with E-state index in [1.165, 1.54) is 23.1 Å². The molecule has 8 heteroatoms. The van der Waals surface area contributed by atoms with Crippen molar-refractivity contribution in [2.75, 3.05) is 18.5 Å². The Morgan fingerprint density at radius 3 is 2.63 bits per heavy atom. The number of β-amino-alcohol motifs (C(OH)–C–C–N with tert-alkyl or cyclic N) is 1. The molecule has 0 radical (unpaired) electrons. The van der Waals surface area contributed by atoms with Crippen molar-refractivity contribution in [2.45, 2.75) is 11.7 Å². The Bertz CT molecular complexity index is 860. The van der Waals surface area contributed by atoms with Gasteiger partial charge in [-0.2, -0.15) is 0 Å². The molecular weight excluding hydrogens is 369 g/mol. The summed E-state index contributed by atoms with van der Waals surface area (Å²) in [7, 11) is 0. The van der Waals surface area contributed by atoms with Crippen LogP contribution >= 0.6 is 11.8 Å². The van der Waals surface area contributed by atoms with E-state index in [-0.39, 0.29) is 31.2 Å². The van der Waals surface area contributed by atoms with Crippen molar-refractivity contribution in [1.29, 1.82) is 0 Å². The minimum absolute atomic E-state index is 0.0568. The number of aliphatic imine (C=N–C) groups is 1. The summed E-state index contributed by atoms with van der Waals surface area (Å²) in [6, 6.07) is 14.9. The number of halogens is 1. The van der Waals surface area contributed by atoms with Crippen LogP contribution in [0.4, 0.5) is 15.8 Å². The van der Waals surface area contributed by atoms with Gasteiger partial charge in [0.2, 0.25) is 11.8 Å². The van der Waals surface area contributed by atoms with Crippen LogP contribution in [0.1, 0.15) is 6.42 Å². The van der Waals surface area contributed by atoms with E-state index in [1.807, 2.05) is 18.2 Å². The van der Waals surface area contributed by atoms with Crippen molar-refractivity contribution < 1.29 is 19.1 Å². The Labute approximate surface area is 160 Å². The quantitative estimate of drug-likeness (QED) is 0.827. The molecular formula is C19H18FN3O3S. The highest BCUT2D eigenvalue weighted by Crippen LogP contribution is 2.30. The number of amidine groups is 1. The zero-order valence-corrected chi connectivity index (χ0v) is 15.2. The Morgan fingerprint density at radius 1 is 1.22 bits per heavy atom. The number of aliphatic hydroxyl groups is 1. The number of thioether (sulfide) groups is 1. The molecule has 1 saturated heterocycles. The summed E-state index contributed by atoms with van der Waals surface area (Å²) in [5.74, 6) is -1.33. The van der Waals surface area contributed by atoms with E-state index in [4.69, 9.17) is 0 Å². The number of benzene rings is 2. The van der Waals surface area contributed by atoms with Crippen molar-refractivity contribution in [3.05, 3.63) is 60.4 Å². The van der Waals surface area contributed by atoms with E-state index in [0.717, 1.165) is 11.8 Å². The summed E-state index contributed by atoms with van der Waals surface area (Å²) < 4.78 is 13.8. The van der Waals surface area contributed by atoms with Gasteiger partial charge in [-0.15, -0.1) is 0 Å². The largest absolute Gasteiger partial charge is 0.395 e. The summed E-state index contributed by atoms with van der Waals surface area (Å²) in [5.41, 5.74) is 0.695. The molecule has 1 atom stereocenters. The Morgan fingerprint density at radius 2 is 1.93 bits per heavy atom. The summed E-state index contributed by atoms with van der Waals surface area (Å²) >= 11 is 1.12. The highest BCUT2D eigenvalue weighted by molar-refractivity contribution is 8.15. The molecule has 1 fully saturated rings. The molecule has 1 aliphatic heterocycles. The topological polar surface area (TPSA) is 82.0 Å². The minimum Gasteiger partial charge on any atom is -0.395 e. The molecule has 0 unspecified atom stereocenters. The van der Waals surface area contributed by atoms with Gasteiger partial charge in [-0.05, 0) is 24.3 Å². The average Bonchev–Trinajstić information content (AvgIpc) is 2.67. The maximum atomic E-state index is 13.8. The van der Waals surface area contributed by atoms with Gasteiger partial charge in [-0.25, -0.2) is 9.38 Å². The van der Waals surface area contributed by atoms with Crippen molar-refractivity contribution >= 4 is 40.1 Å². The van der Waals surface area contributed by atoms with Crippen LogP contribution in [0, 0.1) is 5.82 Å². The number of nitrogens with one attached hydrogen (secondary N) is 1. The third kappa shape index (κ3) is 4.72. The lowest BCUT2D eigenvalue weighted by molar-refractivity contribution is -0.129. The Balaban J connectivity index is 1.82. The van der Waals surface area contributed by atoms with Crippen molar-refractivity contribution in [2.24, 2.45) is 4.99 Å². The number of para-hydroxylation sites is 2. The maximum absolute atomic E-state index is 13.8. The molecule has 3 rings (SSSR count). The zero-order valence-electron chi connectivity index (χ0n) is 14.3. The van der Waals surface area contributed by atoms with E-state index in [1.54, 1.807) is 18.2 Å². The molecule has 0 bridgehead atoms. The smallest absolute Gasteiger partial charge is 0.238 e. The van der Waals surface area contributed by atoms with Crippen LogP contribution in [-0.4, -0.2) is 45.4 Å². The Kier molecular flexibility index (Phi) is 6.20. The van der Waals surface area contributed by atoms with Crippen LogP contribution in [0.2, 0.25) is 0 Å². The van der Waals surface area contributed by atoms with Gasteiger partial charge in [0, 0.05) is 6.42 Å². The lowest BCUT2D eigenvalue weighted by atomic mass is 10.2. The highest BCUT2D eigenvalue weighted by atomic mass is 32.2. The SMILES string of the molecule is O=C(Nc1ccccc1F)[C@@H]1CC(=O)N(CCO)C(=Nc2ccccc2)S1. The van der Waals surface area contributed by atoms with Crippen LogP contribution < -0.4 is 5.32 Å². The van der Waals surface area contributed by atoms with Gasteiger partial charge in [-0.1, -0.05) is 42.1 Å². The van der Waals surface area contributed by atoms with E-state index in [9.17, 15) is 19.1 Å². The average molecular weight is 387 g/mol. The van der Waals surface area contributed by atoms with Gasteiger partial charge in [-0.3, -0.25) is 14.5 Å². The van der Waals surface area contributed by atoms with Crippen LogP contribution in [0.25, 0.3) is 0 Å². The van der Waals surface area contributed by atoms with E-state index < -0.39 is 17.0 Å². The molecule has 0 aliphatic carbocycles. The fourth-order valence-electron chi connectivity index (χ4n) is 2.55. The number of carbonyl (C=O) groups is 2. The fourth-order valence-corrected chi connectivity index (χ4v) is 3.67. The first-order valence-corrected chi connectivity index (χ1v) is 9.23. The second-order valence-electron chi connectivity index (χ2n) is 5.78. The number of hydrogen-bond acceptors (Lipinski definition) is 5. The lowest BCUT2D eigenvalue weighted by Gasteiger charge is -2.31. The number of amides is 2. The molecule has 0 spiro atoms. The molecule has 1 aliphatic rings. The number of nitrogens with zero attached hydrogens (tertiary/aromatic N) is 2. The molecule has 27 heavy (non-hydrogen) atoms. The van der Waals surface area contributed by atoms with Crippen LogP contribution in [-0.2, 0) is 9.59 Å². The maximum Gasteiger partial charge on any atom is 0.238 e. The number of aliphatic hydroxyl groups excluding tert-OH is 1. The van der Waals surface area contributed by atoms with E-state index in [2.05, 4.69) is 10.3 Å². The monoisotopic (exact) mass is 387 g/mol. The third-order valence-electron chi connectivity index (χ3n) is 3.87. The van der Waals surface area contributed by atoms with Crippen LogP contribution in [0.15, 0.2) is 59.6 Å². The predicted octanol–water partition coefficient (Wildman–Crippen LogP) is 2.78. The summed E-state index contributed by atoms with van der Waals surface area (Å²) in [4.78, 5) is 30.9. The lowest BCUT2D eigenvalue weighted by Crippen LogP contribution is -2.46. The summed E-state index contributed by atoms with van der Waals surface area (Å²) in [6.07, 6.45) is -0.0568. The molecule has 2 amide bonds. The van der Waals surface area contributed by atoms with Crippen molar-refractivity contribution in [3.63, 3.8) is 0 Å². The standard InChI is InChI=1S/C19H18FN3O3S/c20-14-8-4-5-9-15(14)22-18(26)16-12-17(25)23(10-11-24)19(27-16)21-13-6-2-1-3-7-13/h1-9,16,24H,10-12H2,(H,22,26)/t16-/m0/s1. The molecule has 0 saturated carbocycles. The summed E-state index contributed by atoms with van der Waals surface area (Å²) in [5, 5.41) is 11.4. The first kappa shape index (κ1) is 19.1. The number of carbonyl (C=O) groups excluding carboxylic acids is 2. The third-order valence-corrected chi connectivity index (χ3v) is 5.06. The van der Waals surface area contributed by atoms with Crippen LogP contribution in [0.3, 0.4) is 0 Å². The second-order valence-corrected chi connectivity index (χ2v) is 6.95. The highest BCUT2D eigenvalue weighted by Gasteiger charge is 2.35. The normalized spacial score (nSPS) is 18.6. The predicted molar refractivity (Wildman–Crippen MR) is 103 cm³/mol. The van der Waals surface area contributed by atoms with Gasteiger partial charge in [0.15, 0.2) is 5.17 Å². The van der Waals surface area contributed by atoms with Crippen molar-refractivity contribution in [3.8, 4) is 0 Å². The first-order chi connectivity index (χ1) is 13.1. The Hall–Kier alpha value is -2.71. The minimum atomic E-state index is -0.741. The molecule has 2 aromatic carbocycles. The number of hydrogen-bond donors (Lipinski definition) is 2. The van der Waals surface area contributed by atoms with Crippen LogP contribution in [0.5, 0.6) is 0 Å². The van der Waals surface area contributed by atoms with Gasteiger partial charge < -0.3 is 10.4 Å². The van der Waals surface area contributed by atoms with Gasteiger partial charge in [0.1, 0.15) is 11.1 Å². The van der Waals surface area contributed by atoms with E-state index in [0.29, 0.717) is 10.9 Å². The summed E-state index contributed by atoms with van der Waals surface area (Å²) in [6.45, 7) is -0.120. The molecule has 140 valence electrons. The molecule has 1 heterocycles. The second kappa shape index (κ2) is 8.79.